The first kappa shape index (κ1) is 35.5. The quantitative estimate of drug-likeness (QED) is 0.155. The maximum absolute atomic E-state index is 12.8. The largest absolute Gasteiger partial charge is 0.453 e. The molecule has 0 amide bonds. The topological polar surface area (TPSA) is 253 Å². The first-order chi connectivity index (χ1) is 23.7. The lowest BCUT2D eigenvalue weighted by molar-refractivity contribution is -0.0805. The van der Waals surface area contributed by atoms with E-state index >= 15 is 0 Å². The van der Waals surface area contributed by atoms with Crippen LogP contribution in [0.5, 0.6) is 0 Å². The van der Waals surface area contributed by atoms with Crippen LogP contribution in [0.3, 0.4) is 0 Å². The molecule has 0 aliphatic carbocycles. The van der Waals surface area contributed by atoms with Gasteiger partial charge in [-0.3, -0.25) is 18.7 Å². The monoisotopic (exact) mass is 728 g/mol. The van der Waals surface area contributed by atoms with Gasteiger partial charge in [-0.2, -0.15) is 9.97 Å². The minimum absolute atomic E-state index is 0.0213. The summed E-state index contributed by atoms with van der Waals surface area (Å²) in [6.45, 7) is 6.80. The Morgan fingerprint density at radius 3 is 1.94 bits per heavy atom. The van der Waals surface area contributed by atoms with Gasteiger partial charge in [0, 0.05) is 5.41 Å². The van der Waals surface area contributed by atoms with Gasteiger partial charge in [-0.25, -0.2) is 14.8 Å². The van der Waals surface area contributed by atoms with Gasteiger partial charge in [0.1, 0.15) is 17.8 Å². The minimum atomic E-state index is -1.69. The number of rotatable bonds is 6. The Morgan fingerprint density at radius 1 is 0.920 bits per heavy atom. The molecule has 19 heteroatoms. The Kier molecular flexibility index (Phi) is 9.50. The summed E-state index contributed by atoms with van der Waals surface area (Å²) in [6, 6.07) is 8.76. The number of anilines is 2. The molecule has 7 rings (SSSR count). The first-order valence-corrected chi connectivity index (χ1v) is 17.2. The maximum atomic E-state index is 12.8. The molecule has 0 spiro atoms. The molecule has 7 atom stereocenters. The fourth-order valence-corrected chi connectivity index (χ4v) is 7.82. The molecule has 2 aliphatic heterocycles. The Morgan fingerprint density at radius 2 is 1.44 bits per heavy atom. The molecule has 0 saturated carbocycles. The van der Waals surface area contributed by atoms with E-state index < -0.39 is 59.2 Å². The second kappa shape index (κ2) is 13.4. The van der Waals surface area contributed by atoms with E-state index in [0.29, 0.717) is 27.0 Å². The number of nitrogens with zero attached hydrogens (tertiary/aromatic N) is 6. The number of ether oxygens (including phenoxy) is 3. The SMILES string of the molecule is CC[C@H]1O[C@@H](n2c(=O)sc3cnc(N)nc32)[C@H](OC(=O)c2ccccc2)C1(C)C.C[C@@]1(O)[C@@H](CO)O[C@@H](n2c(=O)sc3cnc(N)nc32)[C@@H]1O. The van der Waals surface area contributed by atoms with Gasteiger partial charge < -0.3 is 41.0 Å². The number of fused-ring (bicyclic) bond motifs is 2. The van der Waals surface area contributed by atoms with Crippen LogP contribution in [0.1, 0.15) is 56.9 Å². The molecule has 2 saturated heterocycles. The number of hydrogen-bond acceptors (Lipinski definition) is 17. The van der Waals surface area contributed by atoms with E-state index in [-0.39, 0.29) is 28.5 Å². The van der Waals surface area contributed by atoms with Gasteiger partial charge >= 0.3 is 15.7 Å². The highest BCUT2D eigenvalue weighted by Gasteiger charge is 2.55. The lowest BCUT2D eigenvalue weighted by atomic mass is 9.81. The van der Waals surface area contributed by atoms with Crippen molar-refractivity contribution in [3.8, 4) is 0 Å². The zero-order valence-electron chi connectivity index (χ0n) is 27.4. The fourth-order valence-electron chi connectivity index (χ4n) is 6.19. The third kappa shape index (κ3) is 6.14. The Balaban J connectivity index is 0.000000182. The molecule has 5 aromatic rings. The van der Waals surface area contributed by atoms with Crippen molar-refractivity contribution in [1.82, 2.24) is 29.1 Å². The molecular weight excluding hydrogens is 693 g/mol. The molecular formula is C31H36N8O9S2. The average molecular weight is 729 g/mol. The van der Waals surface area contributed by atoms with Gasteiger partial charge in [-0.05, 0) is 25.5 Å². The number of aliphatic hydroxyl groups is 3. The summed E-state index contributed by atoms with van der Waals surface area (Å²) in [7, 11) is 0. The van der Waals surface area contributed by atoms with Crippen LogP contribution in [-0.4, -0.2) is 87.0 Å². The van der Waals surface area contributed by atoms with Crippen LogP contribution >= 0.6 is 22.7 Å². The average Bonchev–Trinajstić information content (AvgIpc) is 3.73. The molecule has 0 unspecified atom stereocenters. The van der Waals surface area contributed by atoms with Crippen molar-refractivity contribution >= 4 is 61.2 Å². The predicted molar refractivity (Wildman–Crippen MR) is 183 cm³/mol. The smallest absolute Gasteiger partial charge is 0.338 e. The zero-order chi connectivity index (χ0) is 36.1. The standard InChI is InChI=1S/C20H22N4O4S.C11H14N4O5S/c1-4-13-20(2,3)14(28-17(25)11-8-6-5-7-9-11)16(27-13)24-15-12(29-19(24)26)10-22-18(21)23-15;1-11(19)5(3-16)20-8(6(11)17)15-7-4(21-10(15)18)2-13-9(12)14-7/h5-10,13-14,16H,4H2,1-3H3,(H2,21,22,23);2,5-6,8,16-17,19H,3H2,1H3,(H2,12,13,14)/t13-,14+,16-;5-,6+,8-,11-/m11/s1. The number of nitrogen functional groups attached to an aromatic ring is 2. The summed E-state index contributed by atoms with van der Waals surface area (Å²) in [4.78, 5) is 53.0. The summed E-state index contributed by atoms with van der Waals surface area (Å²) in [5.41, 5.74) is 10.1. The summed E-state index contributed by atoms with van der Waals surface area (Å²) in [6.07, 6.45) is -1.65. The fraction of sp³-hybridized carbons (Fsp3) is 0.452. The van der Waals surface area contributed by atoms with Crippen molar-refractivity contribution in [3.63, 3.8) is 0 Å². The van der Waals surface area contributed by atoms with Crippen LogP contribution in [0.2, 0.25) is 0 Å². The molecule has 0 radical (unpaired) electrons. The highest BCUT2D eigenvalue weighted by atomic mass is 32.1. The van der Waals surface area contributed by atoms with Crippen LogP contribution in [0, 0.1) is 5.41 Å². The van der Waals surface area contributed by atoms with E-state index in [1.807, 2.05) is 26.8 Å². The second-order valence-corrected chi connectivity index (χ2v) is 14.6. The Labute approximate surface area is 291 Å². The molecule has 17 nitrogen and oxygen atoms in total. The first-order valence-electron chi connectivity index (χ1n) is 15.5. The zero-order valence-corrected chi connectivity index (χ0v) is 29.0. The summed E-state index contributed by atoms with van der Waals surface area (Å²) in [5.74, 6) is -0.422. The van der Waals surface area contributed by atoms with Crippen LogP contribution in [0.15, 0.2) is 52.3 Å². The van der Waals surface area contributed by atoms with E-state index in [2.05, 4.69) is 19.9 Å². The molecule has 1 aromatic carbocycles. The number of thiazole rings is 2. The number of benzene rings is 1. The van der Waals surface area contributed by atoms with Crippen LogP contribution in [0.4, 0.5) is 11.9 Å². The molecule has 0 bridgehead atoms. The van der Waals surface area contributed by atoms with Crippen LogP contribution in [0.25, 0.3) is 20.7 Å². The van der Waals surface area contributed by atoms with Crippen molar-refractivity contribution < 1.29 is 34.3 Å². The molecule has 266 valence electrons. The number of carbonyl (C=O) groups is 1. The van der Waals surface area contributed by atoms with Gasteiger partial charge in [0.05, 0.1) is 40.1 Å². The van der Waals surface area contributed by atoms with Crippen molar-refractivity contribution in [2.24, 2.45) is 5.41 Å². The Bertz CT molecular complexity index is 2150. The van der Waals surface area contributed by atoms with E-state index in [1.54, 1.807) is 24.3 Å². The van der Waals surface area contributed by atoms with Gasteiger partial charge in [0.15, 0.2) is 29.9 Å². The summed E-state index contributed by atoms with van der Waals surface area (Å²) < 4.78 is 21.2. The molecule has 50 heavy (non-hydrogen) atoms. The highest BCUT2D eigenvalue weighted by molar-refractivity contribution is 7.16. The van der Waals surface area contributed by atoms with Gasteiger partial charge in [0.25, 0.3) is 0 Å². The molecule has 2 fully saturated rings. The lowest BCUT2D eigenvalue weighted by Gasteiger charge is -2.30. The molecule has 6 heterocycles. The second-order valence-electron chi connectivity index (χ2n) is 12.6. The predicted octanol–water partition coefficient (Wildman–Crippen LogP) is 1.43. The van der Waals surface area contributed by atoms with Crippen molar-refractivity contribution in [2.75, 3.05) is 18.1 Å². The summed E-state index contributed by atoms with van der Waals surface area (Å²) in [5, 5.41) is 29.7. The molecule has 4 aromatic heterocycles. The van der Waals surface area contributed by atoms with Gasteiger partial charge in [0.2, 0.25) is 11.9 Å². The van der Waals surface area contributed by atoms with Crippen LogP contribution in [-0.2, 0) is 14.2 Å². The van der Waals surface area contributed by atoms with E-state index in [1.165, 1.54) is 23.9 Å². The number of aromatic nitrogens is 6. The maximum Gasteiger partial charge on any atom is 0.338 e. The number of aliphatic hydroxyl groups excluding tert-OH is 2. The van der Waals surface area contributed by atoms with Gasteiger partial charge in [-0.1, -0.05) is 61.6 Å². The van der Waals surface area contributed by atoms with Crippen molar-refractivity contribution in [2.45, 2.75) is 76.6 Å². The van der Waals surface area contributed by atoms with Crippen molar-refractivity contribution in [3.05, 3.63) is 67.6 Å². The third-order valence-corrected chi connectivity index (χ3v) is 10.8. The van der Waals surface area contributed by atoms with Crippen LogP contribution < -0.4 is 21.2 Å². The normalized spacial score (nSPS) is 27.3. The number of hydrogen-bond donors (Lipinski definition) is 5. The minimum Gasteiger partial charge on any atom is -0.453 e. The number of carbonyl (C=O) groups excluding carboxylic acids is 1. The summed E-state index contributed by atoms with van der Waals surface area (Å²) >= 11 is 1.88. The molecule has 2 aliphatic rings. The lowest BCUT2D eigenvalue weighted by Crippen LogP contribution is -2.46. The number of esters is 1. The van der Waals surface area contributed by atoms with E-state index in [9.17, 15) is 29.7 Å². The van der Waals surface area contributed by atoms with Crippen molar-refractivity contribution in [1.29, 1.82) is 0 Å². The highest BCUT2D eigenvalue weighted by Crippen LogP contribution is 2.47. The third-order valence-electron chi connectivity index (χ3n) is 8.99. The Hall–Kier alpha value is -4.37. The van der Waals surface area contributed by atoms with E-state index in [4.69, 9.17) is 25.7 Å². The van der Waals surface area contributed by atoms with E-state index in [0.717, 1.165) is 27.2 Å². The van der Waals surface area contributed by atoms with Gasteiger partial charge in [-0.15, -0.1) is 0 Å². The number of nitrogens with two attached hydrogens (primary N) is 2. The molecule has 7 N–H and O–H groups in total.